The minimum Gasteiger partial charge on any atom is -0.467 e. The topological polar surface area (TPSA) is 46.6 Å². The molecule has 0 radical (unpaired) electrons. The Labute approximate surface area is 162 Å². The smallest absolute Gasteiger partial charge is 0.265 e. The van der Waals surface area contributed by atoms with E-state index in [1.807, 2.05) is 36.4 Å². The number of amides is 1. The lowest BCUT2D eigenvalue weighted by atomic mass is 10.2. The predicted octanol–water partition coefficient (Wildman–Crippen LogP) is 5.19. The molecule has 3 aromatic rings. The van der Waals surface area contributed by atoms with E-state index in [1.54, 1.807) is 37.5 Å². The van der Waals surface area contributed by atoms with Gasteiger partial charge in [0.2, 0.25) is 0 Å². The zero-order valence-electron chi connectivity index (χ0n) is 14.1. The van der Waals surface area contributed by atoms with Crippen molar-refractivity contribution in [2.24, 2.45) is 0 Å². The summed E-state index contributed by atoms with van der Waals surface area (Å²) < 4.78 is 11.1. The van der Waals surface area contributed by atoms with Crippen molar-refractivity contribution in [2.75, 3.05) is 0 Å². The van der Waals surface area contributed by atoms with E-state index >= 15 is 0 Å². The molecule has 0 aliphatic rings. The molecule has 0 saturated heterocycles. The second-order valence-corrected chi connectivity index (χ2v) is 6.66. The summed E-state index contributed by atoms with van der Waals surface area (Å²) in [6.07, 6.45) is 3.15. The van der Waals surface area contributed by atoms with Crippen LogP contribution in [-0.2, 0) is 11.3 Å². The summed E-state index contributed by atoms with van der Waals surface area (Å²) in [5.74, 6) is 1.61. The zero-order chi connectivity index (χ0) is 18.5. The highest BCUT2D eigenvalue weighted by atomic mass is 32.1. The van der Waals surface area contributed by atoms with Gasteiger partial charge in [-0.1, -0.05) is 42.5 Å². The fourth-order valence-corrected chi connectivity index (χ4v) is 2.80. The number of thiol groups is 1. The molecule has 2 heterocycles. The number of hydrogen-bond donors (Lipinski definition) is 1. The minimum absolute atomic E-state index is 0.231. The fourth-order valence-electron chi connectivity index (χ4n) is 2.41. The van der Waals surface area contributed by atoms with Gasteiger partial charge >= 0.3 is 0 Å². The zero-order valence-corrected chi connectivity index (χ0v) is 15.8. The molecule has 3 rings (SSSR count). The molecule has 0 fully saturated rings. The second-order valence-electron chi connectivity index (χ2n) is 5.59. The number of hydrogen-bond acceptors (Lipinski definition) is 5. The third-order valence-corrected chi connectivity index (χ3v) is 4.24. The Morgan fingerprint density at radius 3 is 2.58 bits per heavy atom. The van der Waals surface area contributed by atoms with Gasteiger partial charge in [-0.25, -0.2) is 0 Å². The third kappa shape index (κ3) is 4.33. The van der Waals surface area contributed by atoms with Gasteiger partial charge in [-0.3, -0.25) is 9.69 Å². The Hall–Kier alpha value is -2.57. The van der Waals surface area contributed by atoms with Gasteiger partial charge in [-0.2, -0.15) is 0 Å². The highest BCUT2D eigenvalue weighted by Gasteiger charge is 2.20. The summed E-state index contributed by atoms with van der Waals surface area (Å²) in [4.78, 5) is 14.8. The molecule has 0 unspecified atom stereocenters. The molecule has 132 valence electrons. The van der Waals surface area contributed by atoms with Crippen LogP contribution in [0, 0.1) is 0 Å². The first-order valence-electron chi connectivity index (χ1n) is 7.95. The number of furan rings is 2. The molecule has 0 aliphatic heterocycles. The van der Waals surface area contributed by atoms with Crippen molar-refractivity contribution in [3.05, 3.63) is 77.3 Å². The Morgan fingerprint density at radius 1 is 1.15 bits per heavy atom. The van der Waals surface area contributed by atoms with Crippen LogP contribution in [0.4, 0.5) is 0 Å². The fraction of sp³-hybridized carbons (Fsp3) is 0.100. The number of benzene rings is 1. The van der Waals surface area contributed by atoms with Crippen LogP contribution < -0.4 is 0 Å². The summed E-state index contributed by atoms with van der Waals surface area (Å²) in [7, 11) is 0. The predicted molar refractivity (Wildman–Crippen MR) is 109 cm³/mol. The van der Waals surface area contributed by atoms with E-state index in [0.29, 0.717) is 16.5 Å². The van der Waals surface area contributed by atoms with Crippen molar-refractivity contribution in [3.8, 4) is 11.3 Å². The van der Waals surface area contributed by atoms with E-state index in [0.717, 1.165) is 11.3 Å². The number of carbonyl (C=O) groups is 1. The quantitative estimate of drug-likeness (QED) is 0.374. The van der Waals surface area contributed by atoms with Crippen LogP contribution in [0.2, 0.25) is 0 Å². The van der Waals surface area contributed by atoms with Gasteiger partial charge in [0.25, 0.3) is 5.91 Å². The lowest BCUT2D eigenvalue weighted by molar-refractivity contribution is -0.123. The largest absolute Gasteiger partial charge is 0.467 e. The number of rotatable bonds is 5. The maximum Gasteiger partial charge on any atom is 0.265 e. The van der Waals surface area contributed by atoms with Gasteiger partial charge in [0.1, 0.15) is 17.3 Å². The molecular weight excluding hydrogens is 366 g/mol. The summed E-state index contributed by atoms with van der Waals surface area (Å²) >= 11 is 9.53. The van der Waals surface area contributed by atoms with Crippen LogP contribution in [0.25, 0.3) is 17.4 Å². The molecule has 0 aliphatic carbocycles. The van der Waals surface area contributed by atoms with Crippen LogP contribution in [0.1, 0.15) is 18.4 Å². The van der Waals surface area contributed by atoms with Gasteiger partial charge in [0.15, 0.2) is 0 Å². The molecule has 26 heavy (non-hydrogen) atoms. The molecule has 0 spiro atoms. The number of thiocarbonyl (C=S) groups is 1. The Balaban J connectivity index is 1.78. The highest BCUT2D eigenvalue weighted by Crippen LogP contribution is 2.24. The van der Waals surface area contributed by atoms with Crippen molar-refractivity contribution in [1.82, 2.24) is 4.90 Å². The van der Waals surface area contributed by atoms with Crippen LogP contribution in [0.5, 0.6) is 0 Å². The average Bonchev–Trinajstić information content (AvgIpc) is 3.31. The van der Waals surface area contributed by atoms with Crippen LogP contribution in [0.3, 0.4) is 0 Å². The summed E-state index contributed by atoms with van der Waals surface area (Å²) in [5, 5.41) is 0. The third-order valence-electron chi connectivity index (χ3n) is 3.70. The molecular formula is C20H17NO3S2. The van der Waals surface area contributed by atoms with E-state index in [1.165, 1.54) is 4.90 Å². The summed E-state index contributed by atoms with van der Waals surface area (Å²) in [5.41, 5.74) is 0.966. The number of carbonyl (C=O) groups excluding carboxylic acids is 1. The Kier molecular flexibility index (Phi) is 5.75. The number of nitrogens with zero attached hydrogens (tertiary/aromatic N) is 1. The van der Waals surface area contributed by atoms with Gasteiger partial charge in [-0.15, -0.1) is 12.6 Å². The first-order valence-corrected chi connectivity index (χ1v) is 8.81. The van der Waals surface area contributed by atoms with Crippen molar-refractivity contribution >= 4 is 41.8 Å². The van der Waals surface area contributed by atoms with E-state index in [2.05, 4.69) is 12.6 Å². The maximum absolute atomic E-state index is 12.7. The first kappa shape index (κ1) is 18.2. The average molecular weight is 383 g/mol. The monoisotopic (exact) mass is 383 g/mol. The molecule has 0 bridgehead atoms. The summed E-state index contributed by atoms with van der Waals surface area (Å²) in [6.45, 7) is 1.95. The van der Waals surface area contributed by atoms with Gasteiger partial charge in [0, 0.05) is 5.56 Å². The Morgan fingerprint density at radius 2 is 1.92 bits per heavy atom. The van der Waals surface area contributed by atoms with Gasteiger partial charge in [0.05, 0.1) is 22.7 Å². The first-order chi connectivity index (χ1) is 12.5. The van der Waals surface area contributed by atoms with Crippen molar-refractivity contribution < 1.29 is 13.6 Å². The molecule has 1 amide bonds. The second kappa shape index (κ2) is 8.21. The summed E-state index contributed by atoms with van der Waals surface area (Å²) in [6, 6.07) is 17.0. The maximum atomic E-state index is 12.7. The highest BCUT2D eigenvalue weighted by molar-refractivity contribution is 7.86. The standard InChI is InChI=1S/C20H17NO3S2/c1-14(25)21(13-17-8-5-11-23-17)20(22)19(26)12-16-9-10-18(24-16)15-6-3-2-4-7-15/h2-12,26H,13H2,1H3/b19-12-. The molecule has 0 atom stereocenters. The van der Waals surface area contributed by atoms with Gasteiger partial charge in [-0.05, 0) is 37.3 Å². The van der Waals surface area contributed by atoms with E-state index < -0.39 is 0 Å². The molecule has 6 heteroatoms. The van der Waals surface area contributed by atoms with E-state index in [4.69, 9.17) is 21.1 Å². The van der Waals surface area contributed by atoms with Gasteiger partial charge < -0.3 is 8.83 Å². The van der Waals surface area contributed by atoms with Crippen molar-refractivity contribution in [1.29, 1.82) is 0 Å². The minimum atomic E-state index is -0.310. The molecule has 4 nitrogen and oxygen atoms in total. The lowest BCUT2D eigenvalue weighted by Crippen LogP contribution is -2.33. The molecule has 2 aromatic heterocycles. The van der Waals surface area contributed by atoms with Crippen LogP contribution in [0.15, 0.2) is 74.6 Å². The van der Waals surface area contributed by atoms with E-state index in [-0.39, 0.29) is 17.4 Å². The molecule has 1 aromatic carbocycles. The van der Waals surface area contributed by atoms with E-state index in [9.17, 15) is 4.79 Å². The van der Waals surface area contributed by atoms with Crippen molar-refractivity contribution in [2.45, 2.75) is 13.5 Å². The normalized spacial score (nSPS) is 11.4. The van der Waals surface area contributed by atoms with Crippen LogP contribution in [-0.4, -0.2) is 15.8 Å². The Bertz CT molecular complexity index is 927. The molecule has 0 N–H and O–H groups in total. The van der Waals surface area contributed by atoms with Crippen molar-refractivity contribution in [3.63, 3.8) is 0 Å². The molecule has 0 saturated carbocycles. The SMILES string of the molecule is CC(=S)N(Cc1ccco1)C(=O)/C(S)=C/c1ccc(-c2ccccc2)o1. The van der Waals surface area contributed by atoms with Crippen LogP contribution >= 0.6 is 24.8 Å². The lowest BCUT2D eigenvalue weighted by Gasteiger charge is -2.20.